The number of benzene rings is 1. The van der Waals surface area contributed by atoms with Crippen molar-refractivity contribution in [2.75, 3.05) is 6.54 Å². The van der Waals surface area contributed by atoms with E-state index < -0.39 is 0 Å². The Morgan fingerprint density at radius 1 is 1.05 bits per heavy atom. The van der Waals surface area contributed by atoms with Crippen LogP contribution in [0.1, 0.15) is 32.4 Å². The molecule has 0 amide bonds. The standard InChI is InChI=1S/C18H24N2O/c1-13(2)18(21)12-20-14(3)16-5-4-6-17(11-16)15-7-9-19-10-8-15/h4-11,13-14,18,20-21H,12H2,1-3H3. The van der Waals surface area contributed by atoms with Crippen molar-refractivity contribution in [3.63, 3.8) is 0 Å². The van der Waals surface area contributed by atoms with Gasteiger partial charge in [0.2, 0.25) is 0 Å². The fourth-order valence-corrected chi connectivity index (χ4v) is 2.18. The van der Waals surface area contributed by atoms with E-state index in [1.807, 2.05) is 38.4 Å². The van der Waals surface area contributed by atoms with Crippen molar-refractivity contribution in [3.05, 3.63) is 54.4 Å². The number of aliphatic hydroxyl groups is 1. The highest BCUT2D eigenvalue weighted by atomic mass is 16.3. The van der Waals surface area contributed by atoms with E-state index in [9.17, 15) is 5.11 Å². The van der Waals surface area contributed by atoms with Gasteiger partial charge in [-0.05, 0) is 47.7 Å². The molecule has 2 rings (SSSR count). The van der Waals surface area contributed by atoms with Crippen LogP contribution in [0.3, 0.4) is 0 Å². The Balaban J connectivity index is 2.07. The number of pyridine rings is 1. The molecule has 0 aliphatic heterocycles. The van der Waals surface area contributed by atoms with Crippen molar-refractivity contribution in [2.45, 2.75) is 32.9 Å². The Hall–Kier alpha value is -1.71. The number of hydrogen-bond acceptors (Lipinski definition) is 3. The van der Waals surface area contributed by atoms with E-state index in [2.05, 4.69) is 41.5 Å². The Morgan fingerprint density at radius 2 is 1.76 bits per heavy atom. The van der Waals surface area contributed by atoms with Crippen LogP contribution in [0.25, 0.3) is 11.1 Å². The molecule has 112 valence electrons. The lowest BCUT2D eigenvalue weighted by atomic mass is 10.0. The minimum absolute atomic E-state index is 0.209. The Labute approximate surface area is 127 Å². The Bertz CT molecular complexity index is 554. The number of nitrogens with zero attached hydrogens (tertiary/aromatic N) is 1. The zero-order chi connectivity index (χ0) is 15.2. The summed E-state index contributed by atoms with van der Waals surface area (Å²) in [5, 5.41) is 13.3. The maximum Gasteiger partial charge on any atom is 0.0687 e. The van der Waals surface area contributed by atoms with Crippen molar-refractivity contribution in [1.29, 1.82) is 0 Å². The molecule has 1 aromatic heterocycles. The summed E-state index contributed by atoms with van der Waals surface area (Å²) in [4.78, 5) is 4.05. The molecule has 0 saturated carbocycles. The lowest BCUT2D eigenvalue weighted by Gasteiger charge is -2.20. The predicted molar refractivity (Wildman–Crippen MR) is 86.9 cm³/mol. The lowest BCUT2D eigenvalue weighted by molar-refractivity contribution is 0.121. The van der Waals surface area contributed by atoms with Crippen LogP contribution in [-0.2, 0) is 0 Å². The first-order valence-electron chi connectivity index (χ1n) is 7.49. The molecule has 0 spiro atoms. The van der Waals surface area contributed by atoms with Gasteiger partial charge in [-0.1, -0.05) is 32.0 Å². The molecule has 2 unspecified atom stereocenters. The summed E-state index contributed by atoms with van der Waals surface area (Å²) in [7, 11) is 0. The molecule has 0 bridgehead atoms. The van der Waals surface area contributed by atoms with Crippen molar-refractivity contribution >= 4 is 0 Å². The normalized spacial score (nSPS) is 14.1. The maximum atomic E-state index is 9.89. The van der Waals surface area contributed by atoms with Crippen LogP contribution in [0, 0.1) is 5.92 Å². The first kappa shape index (κ1) is 15.7. The topological polar surface area (TPSA) is 45.1 Å². The molecular formula is C18H24N2O. The van der Waals surface area contributed by atoms with E-state index in [1.165, 1.54) is 16.7 Å². The van der Waals surface area contributed by atoms with Gasteiger partial charge < -0.3 is 10.4 Å². The summed E-state index contributed by atoms with van der Waals surface area (Å²) in [6, 6.07) is 12.7. The Kier molecular flexibility index (Phi) is 5.48. The van der Waals surface area contributed by atoms with Gasteiger partial charge in [0.15, 0.2) is 0 Å². The fourth-order valence-electron chi connectivity index (χ4n) is 2.18. The first-order valence-corrected chi connectivity index (χ1v) is 7.49. The summed E-state index contributed by atoms with van der Waals surface area (Å²) in [5.41, 5.74) is 3.58. The molecule has 3 heteroatoms. The van der Waals surface area contributed by atoms with E-state index in [1.54, 1.807) is 0 Å². The van der Waals surface area contributed by atoms with Gasteiger partial charge in [0, 0.05) is 25.0 Å². The smallest absolute Gasteiger partial charge is 0.0687 e. The number of aliphatic hydroxyl groups excluding tert-OH is 1. The van der Waals surface area contributed by atoms with E-state index in [0.717, 1.165) is 0 Å². The maximum absolute atomic E-state index is 9.89. The Morgan fingerprint density at radius 3 is 2.43 bits per heavy atom. The second-order valence-corrected chi connectivity index (χ2v) is 5.80. The predicted octanol–water partition coefficient (Wildman–Crippen LogP) is 3.42. The highest BCUT2D eigenvalue weighted by Gasteiger charge is 2.12. The molecule has 2 aromatic rings. The van der Waals surface area contributed by atoms with Crippen LogP contribution in [0.2, 0.25) is 0 Å². The second-order valence-electron chi connectivity index (χ2n) is 5.80. The largest absolute Gasteiger partial charge is 0.392 e. The highest BCUT2D eigenvalue weighted by molar-refractivity contribution is 5.63. The van der Waals surface area contributed by atoms with Crippen molar-refractivity contribution in [3.8, 4) is 11.1 Å². The quantitative estimate of drug-likeness (QED) is 0.854. The van der Waals surface area contributed by atoms with Gasteiger partial charge in [0.1, 0.15) is 0 Å². The molecular weight excluding hydrogens is 260 g/mol. The van der Waals surface area contributed by atoms with E-state index >= 15 is 0 Å². The number of hydrogen-bond donors (Lipinski definition) is 2. The van der Waals surface area contributed by atoms with Crippen LogP contribution in [0.4, 0.5) is 0 Å². The molecule has 21 heavy (non-hydrogen) atoms. The molecule has 2 N–H and O–H groups in total. The van der Waals surface area contributed by atoms with Gasteiger partial charge >= 0.3 is 0 Å². The van der Waals surface area contributed by atoms with Gasteiger partial charge in [-0.3, -0.25) is 4.98 Å². The van der Waals surface area contributed by atoms with Gasteiger partial charge in [-0.15, -0.1) is 0 Å². The molecule has 0 aliphatic rings. The first-order chi connectivity index (χ1) is 10.1. The number of rotatable bonds is 6. The molecule has 3 nitrogen and oxygen atoms in total. The molecule has 0 fully saturated rings. The summed E-state index contributed by atoms with van der Waals surface area (Å²) >= 11 is 0. The van der Waals surface area contributed by atoms with Crippen LogP contribution in [0.5, 0.6) is 0 Å². The average molecular weight is 284 g/mol. The SMILES string of the molecule is CC(NCC(O)C(C)C)c1cccc(-c2ccncc2)c1. The van der Waals surface area contributed by atoms with E-state index in [4.69, 9.17) is 0 Å². The molecule has 0 aliphatic carbocycles. The summed E-state index contributed by atoms with van der Waals surface area (Å²) in [5.74, 6) is 0.271. The highest BCUT2D eigenvalue weighted by Crippen LogP contribution is 2.22. The summed E-state index contributed by atoms with van der Waals surface area (Å²) < 4.78 is 0. The van der Waals surface area contributed by atoms with Crippen molar-refractivity contribution in [1.82, 2.24) is 10.3 Å². The van der Waals surface area contributed by atoms with Crippen LogP contribution in [0.15, 0.2) is 48.8 Å². The zero-order valence-electron chi connectivity index (χ0n) is 13.0. The third-order valence-electron chi connectivity index (χ3n) is 3.80. The lowest BCUT2D eigenvalue weighted by Crippen LogP contribution is -2.32. The van der Waals surface area contributed by atoms with Gasteiger partial charge in [0.25, 0.3) is 0 Å². The third-order valence-corrected chi connectivity index (χ3v) is 3.80. The summed E-state index contributed by atoms with van der Waals surface area (Å²) in [6.45, 7) is 6.79. The van der Waals surface area contributed by atoms with Gasteiger partial charge in [-0.2, -0.15) is 0 Å². The third kappa shape index (κ3) is 4.38. The average Bonchev–Trinajstić information content (AvgIpc) is 2.53. The van der Waals surface area contributed by atoms with Crippen LogP contribution >= 0.6 is 0 Å². The molecule has 1 aromatic carbocycles. The van der Waals surface area contributed by atoms with Gasteiger partial charge in [0.05, 0.1) is 6.10 Å². The number of aromatic nitrogens is 1. The summed E-state index contributed by atoms with van der Waals surface area (Å²) in [6.07, 6.45) is 3.31. The minimum Gasteiger partial charge on any atom is -0.392 e. The number of nitrogens with one attached hydrogen (secondary N) is 1. The molecule has 1 heterocycles. The zero-order valence-corrected chi connectivity index (χ0v) is 13.0. The van der Waals surface area contributed by atoms with E-state index in [-0.39, 0.29) is 18.1 Å². The van der Waals surface area contributed by atoms with Crippen LogP contribution in [-0.4, -0.2) is 22.7 Å². The molecule has 2 atom stereocenters. The molecule has 0 saturated heterocycles. The fraction of sp³-hybridized carbons (Fsp3) is 0.389. The molecule has 0 radical (unpaired) electrons. The van der Waals surface area contributed by atoms with Crippen molar-refractivity contribution < 1.29 is 5.11 Å². The van der Waals surface area contributed by atoms with Crippen LogP contribution < -0.4 is 5.32 Å². The van der Waals surface area contributed by atoms with E-state index in [0.29, 0.717) is 6.54 Å². The van der Waals surface area contributed by atoms with Crippen molar-refractivity contribution in [2.24, 2.45) is 5.92 Å². The second kappa shape index (κ2) is 7.34. The monoisotopic (exact) mass is 284 g/mol. The minimum atomic E-state index is -0.309. The van der Waals surface area contributed by atoms with Gasteiger partial charge in [-0.25, -0.2) is 0 Å².